The highest BCUT2D eigenvalue weighted by Crippen LogP contribution is 2.24. The van der Waals surface area contributed by atoms with Crippen LogP contribution in [0.2, 0.25) is 0 Å². The third kappa shape index (κ3) is 13.9. The minimum Gasteiger partial charge on any atom is -0.492 e. The lowest BCUT2D eigenvalue weighted by molar-refractivity contribution is -0.192. The van der Waals surface area contributed by atoms with Gasteiger partial charge >= 0.3 is 12.1 Å². The number of aliphatic hydroxyl groups is 1. The van der Waals surface area contributed by atoms with Crippen molar-refractivity contribution in [2.75, 3.05) is 70.5 Å². The number of ether oxygens (including phenoxy) is 2. The number of halogens is 3. The summed E-state index contributed by atoms with van der Waals surface area (Å²) in [5.74, 6) is -1.02. The highest BCUT2D eigenvalue weighted by molar-refractivity contribution is 5.73. The molecule has 12 heteroatoms. The van der Waals surface area contributed by atoms with Crippen LogP contribution in [0.1, 0.15) is 44.4 Å². The van der Waals surface area contributed by atoms with E-state index in [1.54, 1.807) is 0 Å². The molecule has 1 aliphatic rings. The summed E-state index contributed by atoms with van der Waals surface area (Å²) in [5, 5.41) is 21.5. The van der Waals surface area contributed by atoms with Crippen LogP contribution in [0.15, 0.2) is 78.9 Å². The summed E-state index contributed by atoms with van der Waals surface area (Å²) in [7, 11) is 0. The maximum absolute atomic E-state index is 10.6. The quantitative estimate of drug-likeness (QED) is 0.162. The number of nitrogens with one attached hydrogen (secondary N) is 1. The summed E-state index contributed by atoms with van der Waals surface area (Å²) in [6, 6.07) is 27.3. The molecule has 49 heavy (non-hydrogen) atoms. The monoisotopic (exact) mass is 688 g/mol. The lowest BCUT2D eigenvalue weighted by atomic mass is 10.0. The summed E-state index contributed by atoms with van der Waals surface area (Å²) in [4.78, 5) is 16.0. The second-order valence-corrected chi connectivity index (χ2v) is 11.8. The van der Waals surface area contributed by atoms with Gasteiger partial charge in [-0.05, 0) is 55.4 Å². The van der Waals surface area contributed by atoms with Crippen molar-refractivity contribution in [3.8, 4) is 11.5 Å². The molecule has 1 saturated heterocycles. The van der Waals surface area contributed by atoms with E-state index in [1.165, 1.54) is 16.8 Å². The minimum atomic E-state index is -5.08. The van der Waals surface area contributed by atoms with Crippen molar-refractivity contribution in [2.45, 2.75) is 52.1 Å². The molecule has 3 aromatic rings. The van der Waals surface area contributed by atoms with Gasteiger partial charge in [0.2, 0.25) is 0 Å². The molecule has 3 N–H and O–H groups in total. The number of alkyl halides is 3. The Balaban J connectivity index is 0.000000838. The molecular weight excluding hydrogens is 637 g/mol. The van der Waals surface area contributed by atoms with Crippen LogP contribution in [-0.4, -0.2) is 104 Å². The molecule has 4 rings (SSSR count). The third-order valence-corrected chi connectivity index (χ3v) is 8.41. The first-order valence-electron chi connectivity index (χ1n) is 16.9. The average molecular weight is 689 g/mol. The summed E-state index contributed by atoms with van der Waals surface area (Å²) in [5.41, 5.74) is 3.66. The molecule has 0 amide bonds. The smallest absolute Gasteiger partial charge is 0.490 e. The van der Waals surface area contributed by atoms with E-state index in [9.17, 15) is 18.3 Å². The zero-order valence-corrected chi connectivity index (χ0v) is 28.7. The van der Waals surface area contributed by atoms with Crippen molar-refractivity contribution < 1.29 is 37.7 Å². The molecule has 0 radical (unpaired) electrons. The number of carboxylic acids is 1. The molecule has 3 aromatic carbocycles. The molecule has 1 heterocycles. The van der Waals surface area contributed by atoms with E-state index >= 15 is 0 Å². The van der Waals surface area contributed by atoms with Crippen molar-refractivity contribution in [3.63, 3.8) is 0 Å². The Morgan fingerprint density at radius 2 is 1.51 bits per heavy atom. The summed E-state index contributed by atoms with van der Waals surface area (Å²) in [6.07, 6.45) is -4.63. The number of carbonyl (C=O) groups is 1. The summed E-state index contributed by atoms with van der Waals surface area (Å²) in [6.45, 7) is 15.8. The van der Waals surface area contributed by atoms with Gasteiger partial charge in [0.1, 0.15) is 30.8 Å². The van der Waals surface area contributed by atoms with Crippen LogP contribution >= 0.6 is 0 Å². The highest BCUT2D eigenvalue weighted by atomic mass is 19.4. The standard InChI is InChI=1S/C35H50N4O3.C2HF3O2/c1-4-34(36-26-30-12-10-11-15-35(30)41-25-24-37(5-2)6-3)29-16-18-33(19-17-29)42-28-32(40)27-38-20-22-39(23-21-38)31-13-8-7-9-14-31;3-2(4,5)1(6)7/h7-19,32,34,36,40H,4-6,20-28H2,1-3H3;(H,6,7). The summed E-state index contributed by atoms with van der Waals surface area (Å²) >= 11 is 0. The number of piperazine rings is 1. The number of aliphatic hydroxyl groups excluding tert-OH is 1. The Labute approximate surface area is 288 Å². The van der Waals surface area contributed by atoms with E-state index < -0.39 is 18.2 Å². The number of rotatable bonds is 17. The molecule has 0 spiro atoms. The maximum Gasteiger partial charge on any atom is 0.490 e. The zero-order valence-electron chi connectivity index (χ0n) is 28.7. The van der Waals surface area contributed by atoms with E-state index in [0.717, 1.165) is 70.3 Å². The van der Waals surface area contributed by atoms with Gasteiger partial charge < -0.3 is 34.8 Å². The fourth-order valence-electron chi connectivity index (χ4n) is 5.51. The van der Waals surface area contributed by atoms with Crippen LogP contribution < -0.4 is 19.7 Å². The van der Waals surface area contributed by atoms with E-state index in [1.807, 2.05) is 18.2 Å². The van der Waals surface area contributed by atoms with Gasteiger partial charge in [0.25, 0.3) is 0 Å². The second kappa shape index (κ2) is 20.6. The van der Waals surface area contributed by atoms with Crippen molar-refractivity contribution in [3.05, 3.63) is 90.0 Å². The molecule has 1 fully saturated rings. The first kappa shape index (κ1) is 39.6. The Morgan fingerprint density at radius 1 is 0.898 bits per heavy atom. The van der Waals surface area contributed by atoms with Gasteiger partial charge in [-0.1, -0.05) is 69.3 Å². The first-order chi connectivity index (χ1) is 23.5. The molecule has 270 valence electrons. The van der Waals surface area contributed by atoms with Crippen LogP contribution in [0.3, 0.4) is 0 Å². The lowest BCUT2D eigenvalue weighted by Crippen LogP contribution is -2.49. The SMILES string of the molecule is CCC(NCc1ccccc1OCCN(CC)CC)c1ccc(OCC(O)CN2CCN(c3ccccc3)CC2)cc1.O=C(O)C(F)(F)F. The third-order valence-electron chi connectivity index (χ3n) is 8.41. The number of anilines is 1. The Kier molecular flexibility index (Phi) is 16.7. The fourth-order valence-corrected chi connectivity index (χ4v) is 5.51. The van der Waals surface area contributed by atoms with E-state index in [-0.39, 0.29) is 6.04 Å². The average Bonchev–Trinajstić information content (AvgIpc) is 3.11. The first-order valence-corrected chi connectivity index (χ1v) is 16.9. The van der Waals surface area contributed by atoms with Gasteiger partial charge in [0.15, 0.2) is 0 Å². The number of para-hydroxylation sites is 2. The van der Waals surface area contributed by atoms with Gasteiger partial charge in [0.05, 0.1) is 0 Å². The number of benzene rings is 3. The van der Waals surface area contributed by atoms with Gasteiger partial charge in [0, 0.05) is 63.1 Å². The summed E-state index contributed by atoms with van der Waals surface area (Å²) < 4.78 is 43.8. The molecule has 0 aliphatic carbocycles. The van der Waals surface area contributed by atoms with Crippen molar-refractivity contribution in [1.29, 1.82) is 0 Å². The van der Waals surface area contributed by atoms with E-state index in [0.29, 0.717) is 19.8 Å². The molecule has 0 aromatic heterocycles. The van der Waals surface area contributed by atoms with Gasteiger partial charge in [-0.15, -0.1) is 0 Å². The molecule has 2 atom stereocenters. The van der Waals surface area contributed by atoms with Crippen LogP contribution in [-0.2, 0) is 11.3 Å². The van der Waals surface area contributed by atoms with Crippen LogP contribution in [0.4, 0.5) is 18.9 Å². The predicted octanol–water partition coefficient (Wildman–Crippen LogP) is 5.84. The predicted molar refractivity (Wildman–Crippen MR) is 186 cm³/mol. The minimum absolute atomic E-state index is 0.225. The Hall–Kier alpha value is -3.84. The van der Waals surface area contributed by atoms with E-state index in [4.69, 9.17) is 19.4 Å². The Morgan fingerprint density at radius 3 is 2.10 bits per heavy atom. The molecule has 2 unspecified atom stereocenters. The molecule has 9 nitrogen and oxygen atoms in total. The van der Waals surface area contributed by atoms with Crippen molar-refractivity contribution in [2.24, 2.45) is 0 Å². The van der Waals surface area contributed by atoms with Crippen molar-refractivity contribution in [1.82, 2.24) is 15.1 Å². The molecule has 1 aliphatic heterocycles. The lowest BCUT2D eigenvalue weighted by Gasteiger charge is -2.36. The number of hydrogen-bond donors (Lipinski definition) is 3. The second-order valence-electron chi connectivity index (χ2n) is 11.8. The number of nitrogens with zero attached hydrogens (tertiary/aromatic N) is 3. The fraction of sp³-hybridized carbons (Fsp3) is 0.486. The maximum atomic E-state index is 10.6. The van der Waals surface area contributed by atoms with Gasteiger partial charge in [-0.2, -0.15) is 13.2 Å². The van der Waals surface area contributed by atoms with Crippen LogP contribution in [0.5, 0.6) is 11.5 Å². The molecular formula is C37H51F3N4O5. The number of β-amino-alcohol motifs (C(OH)–C–C–N with tert-alkyl or cyclic N) is 1. The van der Waals surface area contributed by atoms with Crippen molar-refractivity contribution >= 4 is 11.7 Å². The number of hydrogen-bond acceptors (Lipinski definition) is 8. The van der Waals surface area contributed by atoms with Crippen LogP contribution in [0, 0.1) is 0 Å². The Bertz CT molecular complexity index is 1350. The zero-order chi connectivity index (χ0) is 35.6. The number of aliphatic carboxylic acids is 1. The number of carboxylic acid groups (broad SMARTS) is 1. The topological polar surface area (TPSA) is 97.7 Å². The van der Waals surface area contributed by atoms with Gasteiger partial charge in [-0.25, -0.2) is 4.79 Å². The molecule has 0 bridgehead atoms. The largest absolute Gasteiger partial charge is 0.492 e. The number of likely N-dealkylation sites (N-methyl/N-ethyl adjacent to an activating group) is 1. The van der Waals surface area contributed by atoms with E-state index in [2.05, 4.69) is 101 Å². The van der Waals surface area contributed by atoms with Gasteiger partial charge in [-0.3, -0.25) is 4.90 Å². The highest BCUT2D eigenvalue weighted by Gasteiger charge is 2.38. The molecule has 0 saturated carbocycles. The van der Waals surface area contributed by atoms with Crippen LogP contribution in [0.25, 0.3) is 0 Å². The normalized spacial score (nSPS) is 14.9.